The minimum absolute atomic E-state index is 0.620. The van der Waals surface area contributed by atoms with Gasteiger partial charge in [-0.25, -0.2) is 0 Å². The van der Waals surface area contributed by atoms with Crippen LogP contribution in [0.2, 0.25) is 5.02 Å². The fraction of sp³-hybridized carbons (Fsp3) is 0.174. The van der Waals surface area contributed by atoms with Crippen LogP contribution in [0.25, 0.3) is 17.3 Å². The summed E-state index contributed by atoms with van der Waals surface area (Å²) < 4.78 is 2.21. The van der Waals surface area contributed by atoms with E-state index in [4.69, 9.17) is 11.6 Å². The summed E-state index contributed by atoms with van der Waals surface area (Å²) in [5.74, 6) is 0. The Kier molecular flexibility index (Phi) is 5.39. The van der Waals surface area contributed by atoms with E-state index in [9.17, 15) is 5.26 Å². The number of aromatic nitrogens is 1. The smallest absolute Gasteiger partial charge is 0.0998 e. The molecule has 0 unspecified atom stereocenters. The van der Waals surface area contributed by atoms with Crippen LogP contribution in [0.1, 0.15) is 22.5 Å². The Labute approximate surface area is 165 Å². The molecule has 3 aromatic rings. The van der Waals surface area contributed by atoms with Crippen LogP contribution < -0.4 is 4.90 Å². The summed E-state index contributed by atoms with van der Waals surface area (Å²) in [6.07, 6.45) is 1.94. The van der Waals surface area contributed by atoms with Crippen molar-refractivity contribution in [3.05, 3.63) is 82.1 Å². The number of nitriles is 1. The number of hydrogen-bond donors (Lipinski definition) is 0. The molecular formula is C23H22ClN3. The Morgan fingerprint density at radius 1 is 1.04 bits per heavy atom. The number of anilines is 1. The lowest BCUT2D eigenvalue weighted by molar-refractivity contribution is 0.963. The molecule has 27 heavy (non-hydrogen) atoms. The van der Waals surface area contributed by atoms with Crippen molar-refractivity contribution in [2.45, 2.75) is 13.8 Å². The molecule has 1 heterocycles. The lowest BCUT2D eigenvalue weighted by Gasteiger charge is -2.15. The molecule has 136 valence electrons. The fourth-order valence-electron chi connectivity index (χ4n) is 3.20. The van der Waals surface area contributed by atoms with Crippen molar-refractivity contribution in [1.82, 2.24) is 4.57 Å². The summed E-state index contributed by atoms with van der Waals surface area (Å²) in [6, 6.07) is 20.2. The van der Waals surface area contributed by atoms with Crippen LogP contribution in [-0.4, -0.2) is 18.7 Å². The molecule has 1 aromatic heterocycles. The van der Waals surface area contributed by atoms with Gasteiger partial charge in [0.2, 0.25) is 0 Å². The predicted molar refractivity (Wildman–Crippen MR) is 115 cm³/mol. The van der Waals surface area contributed by atoms with E-state index in [0.717, 1.165) is 33.9 Å². The SMILES string of the molecule is Cc1cc(/C=C(/C#N)c2ccc(Cl)cc2)c(C)n1-c1ccc(N(C)C)cc1. The summed E-state index contributed by atoms with van der Waals surface area (Å²) in [5.41, 5.74) is 7.03. The van der Waals surface area contributed by atoms with E-state index >= 15 is 0 Å². The third kappa shape index (κ3) is 3.92. The summed E-state index contributed by atoms with van der Waals surface area (Å²) in [6.45, 7) is 4.16. The molecule has 0 atom stereocenters. The van der Waals surface area contributed by atoms with Crippen LogP contribution >= 0.6 is 11.6 Å². The van der Waals surface area contributed by atoms with Crippen LogP contribution in [0.5, 0.6) is 0 Å². The van der Waals surface area contributed by atoms with Gasteiger partial charge in [0, 0.05) is 41.9 Å². The molecule has 0 aliphatic rings. The van der Waals surface area contributed by atoms with Gasteiger partial charge in [-0.3, -0.25) is 0 Å². The maximum absolute atomic E-state index is 9.61. The number of allylic oxidation sites excluding steroid dienone is 1. The number of aryl methyl sites for hydroxylation is 1. The van der Waals surface area contributed by atoms with Crippen LogP contribution in [0.15, 0.2) is 54.6 Å². The van der Waals surface area contributed by atoms with Gasteiger partial charge >= 0.3 is 0 Å². The third-order valence-electron chi connectivity index (χ3n) is 4.67. The second kappa shape index (κ2) is 7.73. The molecule has 0 radical (unpaired) electrons. The highest BCUT2D eigenvalue weighted by Crippen LogP contribution is 2.26. The van der Waals surface area contributed by atoms with Crippen LogP contribution in [0.4, 0.5) is 5.69 Å². The predicted octanol–water partition coefficient (Wildman–Crippen LogP) is 5.88. The molecule has 0 amide bonds. The summed E-state index contributed by atoms with van der Waals surface area (Å²) in [4.78, 5) is 2.08. The highest BCUT2D eigenvalue weighted by Gasteiger charge is 2.11. The van der Waals surface area contributed by atoms with Crippen LogP contribution in [0, 0.1) is 25.2 Å². The highest BCUT2D eigenvalue weighted by atomic mass is 35.5. The normalized spacial score (nSPS) is 11.3. The third-order valence-corrected chi connectivity index (χ3v) is 4.92. The van der Waals surface area contributed by atoms with E-state index in [1.807, 2.05) is 32.3 Å². The maximum atomic E-state index is 9.61. The first-order valence-corrected chi connectivity index (χ1v) is 9.13. The van der Waals surface area contributed by atoms with Crippen molar-refractivity contribution in [2.75, 3.05) is 19.0 Å². The number of benzene rings is 2. The Bertz CT molecular complexity index is 1020. The lowest BCUT2D eigenvalue weighted by atomic mass is 10.0. The Morgan fingerprint density at radius 3 is 2.22 bits per heavy atom. The molecule has 0 spiro atoms. The minimum atomic E-state index is 0.620. The van der Waals surface area contributed by atoms with E-state index < -0.39 is 0 Å². The van der Waals surface area contributed by atoms with Gasteiger partial charge in [-0.2, -0.15) is 5.26 Å². The average Bonchev–Trinajstić information content (AvgIpc) is 2.94. The number of nitrogens with zero attached hydrogens (tertiary/aromatic N) is 3. The van der Waals surface area contributed by atoms with Gasteiger partial charge in [0.05, 0.1) is 11.6 Å². The number of halogens is 1. The Hall–Kier alpha value is -2.96. The molecule has 0 aliphatic heterocycles. The number of rotatable bonds is 4. The molecule has 0 N–H and O–H groups in total. The highest BCUT2D eigenvalue weighted by molar-refractivity contribution is 6.30. The minimum Gasteiger partial charge on any atom is -0.378 e. The second-order valence-corrected chi connectivity index (χ2v) is 7.19. The quantitative estimate of drug-likeness (QED) is 0.533. The largest absolute Gasteiger partial charge is 0.378 e. The van der Waals surface area contributed by atoms with Gasteiger partial charge in [-0.05, 0) is 73.5 Å². The van der Waals surface area contributed by atoms with E-state index in [0.29, 0.717) is 10.6 Å². The van der Waals surface area contributed by atoms with Crippen molar-refractivity contribution in [3.63, 3.8) is 0 Å². The molecule has 0 fully saturated rings. The molecule has 2 aromatic carbocycles. The van der Waals surface area contributed by atoms with Crippen LogP contribution in [-0.2, 0) is 0 Å². The van der Waals surface area contributed by atoms with Gasteiger partial charge in [0.25, 0.3) is 0 Å². The molecule has 0 saturated heterocycles. The molecular weight excluding hydrogens is 354 g/mol. The van der Waals surface area contributed by atoms with Crippen molar-refractivity contribution in [3.8, 4) is 11.8 Å². The molecule has 3 nitrogen and oxygen atoms in total. The van der Waals surface area contributed by atoms with Gasteiger partial charge in [-0.1, -0.05) is 23.7 Å². The molecule has 4 heteroatoms. The van der Waals surface area contributed by atoms with Crippen molar-refractivity contribution in [1.29, 1.82) is 5.26 Å². The molecule has 3 rings (SSSR count). The van der Waals surface area contributed by atoms with E-state index in [1.165, 1.54) is 0 Å². The number of hydrogen-bond acceptors (Lipinski definition) is 2. The average molecular weight is 376 g/mol. The Morgan fingerprint density at radius 2 is 1.67 bits per heavy atom. The zero-order chi connectivity index (χ0) is 19.6. The van der Waals surface area contributed by atoms with Crippen molar-refractivity contribution >= 4 is 28.9 Å². The van der Waals surface area contributed by atoms with Gasteiger partial charge in [0.1, 0.15) is 0 Å². The Balaban J connectivity index is 2.02. The topological polar surface area (TPSA) is 32.0 Å². The van der Waals surface area contributed by atoms with Crippen LogP contribution in [0.3, 0.4) is 0 Å². The second-order valence-electron chi connectivity index (χ2n) is 6.75. The molecule has 0 bridgehead atoms. The molecule has 0 aliphatic carbocycles. The lowest BCUT2D eigenvalue weighted by Crippen LogP contribution is -2.08. The van der Waals surface area contributed by atoms with Crippen molar-refractivity contribution < 1.29 is 0 Å². The van der Waals surface area contributed by atoms with Crippen molar-refractivity contribution in [2.24, 2.45) is 0 Å². The first kappa shape index (κ1) is 18.8. The summed E-state index contributed by atoms with van der Waals surface area (Å²) in [7, 11) is 4.06. The standard InChI is InChI=1S/C23H22ClN3/c1-16-13-19(14-20(15-25)18-5-7-21(24)8-6-18)17(2)27(16)23-11-9-22(10-12-23)26(3)4/h5-14H,1-4H3/b20-14-. The van der Waals surface area contributed by atoms with E-state index in [1.54, 1.807) is 12.1 Å². The maximum Gasteiger partial charge on any atom is 0.0998 e. The monoisotopic (exact) mass is 375 g/mol. The summed E-state index contributed by atoms with van der Waals surface area (Å²) in [5, 5.41) is 10.3. The van der Waals surface area contributed by atoms with Gasteiger partial charge < -0.3 is 9.47 Å². The first-order chi connectivity index (χ1) is 12.9. The van der Waals surface area contributed by atoms with E-state index in [-0.39, 0.29) is 0 Å². The first-order valence-electron chi connectivity index (χ1n) is 8.75. The molecule has 0 saturated carbocycles. The van der Waals surface area contributed by atoms with Gasteiger partial charge in [0.15, 0.2) is 0 Å². The summed E-state index contributed by atoms with van der Waals surface area (Å²) >= 11 is 5.96. The zero-order valence-electron chi connectivity index (χ0n) is 16.0. The van der Waals surface area contributed by atoms with Gasteiger partial charge in [-0.15, -0.1) is 0 Å². The fourth-order valence-corrected chi connectivity index (χ4v) is 3.32. The zero-order valence-corrected chi connectivity index (χ0v) is 16.7. The van der Waals surface area contributed by atoms with E-state index in [2.05, 4.69) is 59.7 Å².